The second-order valence-corrected chi connectivity index (χ2v) is 6.72. The molecule has 0 fully saturated rings. The molecule has 100 valence electrons. The van der Waals surface area contributed by atoms with E-state index in [4.69, 9.17) is 0 Å². The highest BCUT2D eigenvalue weighted by molar-refractivity contribution is 7.98. The molecule has 1 unspecified atom stereocenters. The van der Waals surface area contributed by atoms with Gasteiger partial charge in [0.2, 0.25) is 0 Å². The molecule has 1 atom stereocenters. The van der Waals surface area contributed by atoms with Crippen molar-refractivity contribution in [1.29, 1.82) is 0 Å². The van der Waals surface area contributed by atoms with Crippen molar-refractivity contribution in [3.05, 3.63) is 56.8 Å². The Morgan fingerprint density at radius 3 is 2.89 bits per heavy atom. The van der Waals surface area contributed by atoms with E-state index >= 15 is 0 Å². The molecule has 0 amide bonds. The van der Waals surface area contributed by atoms with Crippen LogP contribution in [0.1, 0.15) is 27.0 Å². The van der Waals surface area contributed by atoms with Gasteiger partial charge in [-0.25, -0.2) is 8.78 Å². The molecule has 1 aromatic heterocycles. The first-order valence-electron chi connectivity index (χ1n) is 5.98. The molecule has 1 nitrogen and oxygen atoms in total. The van der Waals surface area contributed by atoms with Gasteiger partial charge in [0, 0.05) is 21.1 Å². The Hall–Kier alpha value is -0.910. The van der Waals surface area contributed by atoms with Gasteiger partial charge in [0.15, 0.2) is 11.6 Å². The topological polar surface area (TPSA) is 20.2 Å². The average Bonchev–Trinajstić information content (AvgIpc) is 2.85. The molecule has 1 aromatic carbocycles. The Balaban J connectivity index is 1.97. The summed E-state index contributed by atoms with van der Waals surface area (Å²) in [4.78, 5) is 1.95. The molecule has 0 radical (unpaired) electrons. The van der Waals surface area contributed by atoms with Crippen LogP contribution in [0.4, 0.5) is 8.78 Å². The summed E-state index contributed by atoms with van der Waals surface area (Å²) in [5.41, 5.74) is 1.22. The van der Waals surface area contributed by atoms with Crippen LogP contribution in [-0.4, -0.2) is 10.9 Å². The van der Waals surface area contributed by atoms with Gasteiger partial charge in [-0.2, -0.15) is 11.8 Å². The summed E-state index contributed by atoms with van der Waals surface area (Å²) in [5, 5.41) is 10.2. The maximum absolute atomic E-state index is 13.7. The second kappa shape index (κ2) is 5.23. The van der Waals surface area contributed by atoms with E-state index in [0.29, 0.717) is 4.88 Å². The van der Waals surface area contributed by atoms with Gasteiger partial charge >= 0.3 is 0 Å². The number of rotatable bonds is 2. The van der Waals surface area contributed by atoms with E-state index in [1.807, 2.05) is 17.8 Å². The fourth-order valence-corrected chi connectivity index (χ4v) is 4.57. The number of hydrogen-bond acceptors (Lipinski definition) is 3. The number of aryl methyl sites for hydroxylation is 1. The fraction of sp³-hybridized carbons (Fsp3) is 0.286. The lowest BCUT2D eigenvalue weighted by Gasteiger charge is -2.10. The van der Waals surface area contributed by atoms with Crippen molar-refractivity contribution >= 4 is 23.1 Å². The largest absolute Gasteiger partial charge is 0.383 e. The average molecular weight is 298 g/mol. The predicted octanol–water partition coefficient (Wildman–Crippen LogP) is 3.90. The Morgan fingerprint density at radius 2 is 2.11 bits per heavy atom. The SMILES string of the molecule is OC(c1cc2c(s1)CCSC2)c1cccc(F)c1F. The van der Waals surface area contributed by atoms with Crippen molar-refractivity contribution < 1.29 is 13.9 Å². The van der Waals surface area contributed by atoms with E-state index in [-0.39, 0.29) is 5.56 Å². The van der Waals surface area contributed by atoms with E-state index in [0.717, 1.165) is 24.0 Å². The molecule has 0 saturated heterocycles. The van der Waals surface area contributed by atoms with E-state index in [9.17, 15) is 13.9 Å². The highest BCUT2D eigenvalue weighted by Crippen LogP contribution is 2.37. The Labute approximate surface area is 118 Å². The summed E-state index contributed by atoms with van der Waals surface area (Å²) in [6, 6.07) is 5.82. The van der Waals surface area contributed by atoms with Gasteiger partial charge in [0.1, 0.15) is 6.10 Å². The van der Waals surface area contributed by atoms with Gasteiger partial charge in [-0.05, 0) is 29.9 Å². The molecule has 3 rings (SSSR count). The van der Waals surface area contributed by atoms with E-state index < -0.39 is 17.7 Å². The third-order valence-corrected chi connectivity index (χ3v) is 5.49. The molecule has 5 heteroatoms. The number of halogens is 2. The molecule has 0 saturated carbocycles. The zero-order valence-corrected chi connectivity index (χ0v) is 11.7. The van der Waals surface area contributed by atoms with Crippen LogP contribution >= 0.6 is 23.1 Å². The Morgan fingerprint density at radius 1 is 1.26 bits per heavy atom. The van der Waals surface area contributed by atoms with Gasteiger partial charge in [-0.1, -0.05) is 12.1 Å². The van der Waals surface area contributed by atoms with E-state index in [1.165, 1.54) is 33.9 Å². The van der Waals surface area contributed by atoms with Crippen LogP contribution in [-0.2, 0) is 12.2 Å². The second-order valence-electron chi connectivity index (χ2n) is 4.45. The van der Waals surface area contributed by atoms with Crippen molar-refractivity contribution in [3.63, 3.8) is 0 Å². The fourth-order valence-electron chi connectivity index (χ4n) is 2.19. The van der Waals surface area contributed by atoms with Crippen molar-refractivity contribution in [1.82, 2.24) is 0 Å². The van der Waals surface area contributed by atoms with Crippen LogP contribution in [0.3, 0.4) is 0 Å². The zero-order valence-electron chi connectivity index (χ0n) is 10.0. The summed E-state index contributed by atoms with van der Waals surface area (Å²) in [5.74, 6) is 0.130. The van der Waals surface area contributed by atoms with Crippen LogP contribution in [0.15, 0.2) is 24.3 Å². The van der Waals surface area contributed by atoms with E-state index in [1.54, 1.807) is 0 Å². The lowest BCUT2D eigenvalue weighted by Crippen LogP contribution is -2.02. The van der Waals surface area contributed by atoms with Crippen molar-refractivity contribution in [2.75, 3.05) is 5.75 Å². The predicted molar refractivity (Wildman–Crippen MR) is 74.6 cm³/mol. The van der Waals surface area contributed by atoms with Crippen LogP contribution in [0.5, 0.6) is 0 Å². The smallest absolute Gasteiger partial charge is 0.164 e. The van der Waals surface area contributed by atoms with Crippen molar-refractivity contribution in [2.45, 2.75) is 18.3 Å². The highest BCUT2D eigenvalue weighted by atomic mass is 32.2. The number of fused-ring (bicyclic) bond motifs is 1. The molecule has 0 aliphatic carbocycles. The van der Waals surface area contributed by atoms with Crippen LogP contribution in [0.2, 0.25) is 0 Å². The first-order chi connectivity index (χ1) is 9.16. The van der Waals surface area contributed by atoms with Gasteiger partial charge in [0.25, 0.3) is 0 Å². The van der Waals surface area contributed by atoms with Gasteiger partial charge in [0.05, 0.1) is 0 Å². The minimum atomic E-state index is -1.09. The third-order valence-electron chi connectivity index (χ3n) is 3.19. The minimum absolute atomic E-state index is 0.00579. The van der Waals surface area contributed by atoms with Gasteiger partial charge in [-0.15, -0.1) is 11.3 Å². The Bertz CT molecular complexity index is 586. The number of thioether (sulfide) groups is 1. The molecule has 19 heavy (non-hydrogen) atoms. The lowest BCUT2D eigenvalue weighted by atomic mass is 10.1. The highest BCUT2D eigenvalue weighted by Gasteiger charge is 2.22. The van der Waals surface area contributed by atoms with Crippen LogP contribution in [0.25, 0.3) is 0 Å². The first-order valence-corrected chi connectivity index (χ1v) is 7.95. The summed E-state index contributed by atoms with van der Waals surface area (Å²) in [7, 11) is 0. The van der Waals surface area contributed by atoms with Crippen LogP contribution < -0.4 is 0 Å². The minimum Gasteiger partial charge on any atom is -0.383 e. The maximum Gasteiger partial charge on any atom is 0.164 e. The number of aliphatic hydroxyl groups is 1. The molecule has 0 spiro atoms. The summed E-state index contributed by atoms with van der Waals surface area (Å²) < 4.78 is 26.9. The van der Waals surface area contributed by atoms with E-state index in [2.05, 4.69) is 0 Å². The molecule has 1 N–H and O–H groups in total. The molecule has 2 aromatic rings. The number of hydrogen-bond donors (Lipinski definition) is 1. The molecular weight excluding hydrogens is 286 g/mol. The first kappa shape index (κ1) is 13.1. The number of aliphatic hydroxyl groups excluding tert-OH is 1. The standard InChI is InChI=1S/C14H12F2OS2/c15-10-3-1-2-9(13(10)16)14(17)12-6-8-7-18-5-4-11(8)19-12/h1-3,6,14,17H,4-5,7H2. The van der Waals surface area contributed by atoms with Gasteiger partial charge in [-0.3, -0.25) is 0 Å². The number of thiophene rings is 1. The summed E-state index contributed by atoms with van der Waals surface area (Å²) in [6.45, 7) is 0. The molecule has 2 heterocycles. The normalized spacial score (nSPS) is 16.2. The molecule has 0 bridgehead atoms. The summed E-state index contributed by atoms with van der Waals surface area (Å²) in [6.07, 6.45) is -0.0977. The molecular formula is C14H12F2OS2. The summed E-state index contributed by atoms with van der Waals surface area (Å²) >= 11 is 3.36. The van der Waals surface area contributed by atoms with Gasteiger partial charge < -0.3 is 5.11 Å². The molecule has 1 aliphatic rings. The van der Waals surface area contributed by atoms with Crippen LogP contribution in [0, 0.1) is 11.6 Å². The molecule has 1 aliphatic heterocycles. The lowest BCUT2D eigenvalue weighted by molar-refractivity contribution is 0.217. The monoisotopic (exact) mass is 298 g/mol. The zero-order chi connectivity index (χ0) is 13.4. The maximum atomic E-state index is 13.7. The van der Waals surface area contributed by atoms with Crippen molar-refractivity contribution in [2.24, 2.45) is 0 Å². The van der Waals surface area contributed by atoms with Crippen molar-refractivity contribution in [3.8, 4) is 0 Å². The number of benzene rings is 1. The third kappa shape index (κ3) is 2.42. The quantitative estimate of drug-likeness (QED) is 0.907. The Kier molecular flexibility index (Phi) is 3.60.